The molecule has 4 aromatic carbocycles. The van der Waals surface area contributed by atoms with E-state index < -0.39 is 6.04 Å². The van der Waals surface area contributed by atoms with Crippen LogP contribution in [0.15, 0.2) is 105 Å². The fourth-order valence-electron chi connectivity index (χ4n) is 8.32. The molecule has 356 valence electrons. The van der Waals surface area contributed by atoms with E-state index in [0.29, 0.717) is 12.4 Å². The molecule has 0 fully saturated rings. The van der Waals surface area contributed by atoms with E-state index in [1.807, 2.05) is 80.1 Å². The third-order valence-corrected chi connectivity index (χ3v) is 13.8. The molecule has 2 aliphatic heterocycles. The van der Waals surface area contributed by atoms with E-state index in [9.17, 15) is 9.59 Å². The molecule has 2 atom stereocenters. The Bertz CT molecular complexity index is 2750. The van der Waals surface area contributed by atoms with Crippen molar-refractivity contribution < 1.29 is 19.1 Å². The Balaban J connectivity index is 0.00000107. The summed E-state index contributed by atoms with van der Waals surface area (Å²) >= 11 is 3.81. The molecule has 0 unspecified atom stereocenters. The van der Waals surface area contributed by atoms with Crippen molar-refractivity contribution in [2.24, 2.45) is 9.98 Å². The number of hydrogen-bond donors (Lipinski definition) is 2. The number of nitrogens with zero attached hydrogens (tertiary/aromatic N) is 8. The highest BCUT2D eigenvalue weighted by molar-refractivity contribution is 7.99. The number of benzene rings is 4. The maximum atomic E-state index is 12.8. The first-order chi connectivity index (χ1) is 33.0. The van der Waals surface area contributed by atoms with Gasteiger partial charge in [-0.25, -0.2) is 0 Å². The summed E-state index contributed by atoms with van der Waals surface area (Å²) in [5.74, 6) is 6.74. The standard InChI is InChI=1S/C48H53N9O3S2.C4H9NO/c1-7-49-44(58)29-41-48-55-53-32(4)57(48)43-24-18-36(60-6)28-40(43)46(51-41)34-15-21-38(22-16-34)62-26-12-10-8-9-11-25-61-37-19-13-33(14-20-37)45-39-27-35(59-5)17-23-42(39)56-31(3)52-54-47(56)30(2)50-45;1-3-5-4(2)6/h13-24,27-28,30,41H,7-12,25-26,29H2,1-6H3,(H,49,58);3H2,1-2H3,(H,5,6)/t30-,41-;/m0./s1. The van der Waals surface area contributed by atoms with Crippen LogP contribution < -0.4 is 20.1 Å². The van der Waals surface area contributed by atoms with E-state index in [2.05, 4.69) is 103 Å². The maximum absolute atomic E-state index is 12.8. The minimum Gasteiger partial charge on any atom is -0.497 e. The van der Waals surface area contributed by atoms with Crippen LogP contribution in [-0.2, 0) is 9.59 Å². The number of hydrogen-bond acceptors (Lipinski definition) is 12. The molecule has 68 heavy (non-hydrogen) atoms. The summed E-state index contributed by atoms with van der Waals surface area (Å²) in [6.07, 6.45) is 6.23. The Morgan fingerprint density at radius 2 is 1.09 bits per heavy atom. The van der Waals surface area contributed by atoms with Gasteiger partial charge in [-0.15, -0.1) is 43.9 Å². The summed E-state index contributed by atoms with van der Waals surface area (Å²) in [5.41, 5.74) is 7.65. The number of aryl methyl sites for hydroxylation is 2. The van der Waals surface area contributed by atoms with Gasteiger partial charge in [0.05, 0.1) is 43.4 Å². The number of ether oxygens (including phenoxy) is 2. The zero-order chi connectivity index (χ0) is 48.2. The van der Waals surface area contributed by atoms with Crippen LogP contribution >= 0.6 is 23.5 Å². The lowest BCUT2D eigenvalue weighted by atomic mass is 10.00. The van der Waals surface area contributed by atoms with Crippen LogP contribution in [0.5, 0.6) is 11.5 Å². The Kier molecular flexibility index (Phi) is 17.3. The molecule has 2 N–H and O–H groups in total. The SMILES string of the molecule is CCNC(=O)C[C@@H]1N=C(c2ccc(SCCCCCCCSc3ccc(C4=N[C@@H](C)c5nnc(C)n5-c5ccc(OC)cc54)cc3)cc2)c2cc(OC)ccc2-n2c(C)nnc21.CCNC(C)=O. The number of carbonyl (C=O) groups is 2. The number of nitrogens with one attached hydrogen (secondary N) is 2. The van der Waals surface area contributed by atoms with E-state index in [1.165, 1.54) is 48.8 Å². The van der Waals surface area contributed by atoms with Crippen molar-refractivity contribution in [3.8, 4) is 22.9 Å². The van der Waals surface area contributed by atoms with Crippen LogP contribution in [0, 0.1) is 13.8 Å². The predicted octanol–water partition coefficient (Wildman–Crippen LogP) is 9.79. The zero-order valence-electron chi connectivity index (χ0n) is 40.3. The smallest absolute Gasteiger partial charge is 0.222 e. The summed E-state index contributed by atoms with van der Waals surface area (Å²) in [4.78, 5) is 35.6. The highest BCUT2D eigenvalue weighted by Crippen LogP contribution is 2.36. The number of fused-ring (bicyclic) bond motifs is 6. The number of aliphatic imine (C=N–C) groups is 2. The summed E-state index contributed by atoms with van der Waals surface area (Å²) in [6, 6.07) is 28.9. The number of aromatic nitrogens is 6. The number of rotatable bonds is 18. The Labute approximate surface area is 408 Å². The molecule has 4 heterocycles. The number of thioether (sulfide) groups is 2. The Hall–Kier alpha value is -6.26. The molecule has 0 aliphatic carbocycles. The van der Waals surface area contributed by atoms with Crippen LogP contribution in [0.2, 0.25) is 0 Å². The quantitative estimate of drug-likeness (QED) is 0.0627. The molecule has 0 saturated heterocycles. The summed E-state index contributed by atoms with van der Waals surface area (Å²) in [7, 11) is 3.36. The maximum Gasteiger partial charge on any atom is 0.222 e. The van der Waals surface area contributed by atoms with Crippen molar-refractivity contribution in [1.82, 2.24) is 40.2 Å². The van der Waals surface area contributed by atoms with Gasteiger partial charge in [0, 0.05) is 52.1 Å². The highest BCUT2D eigenvalue weighted by atomic mass is 32.2. The van der Waals surface area contributed by atoms with Gasteiger partial charge in [-0.05, 0) is 120 Å². The summed E-state index contributed by atoms with van der Waals surface area (Å²) < 4.78 is 15.4. The summed E-state index contributed by atoms with van der Waals surface area (Å²) in [5, 5.41) is 23.2. The molecular formula is C52H62N10O4S2. The van der Waals surface area contributed by atoms with E-state index in [0.717, 1.165) is 92.1 Å². The average molecular weight is 955 g/mol. The molecule has 0 saturated carbocycles. The van der Waals surface area contributed by atoms with Gasteiger partial charge in [0.2, 0.25) is 11.8 Å². The Morgan fingerprint density at radius 3 is 1.56 bits per heavy atom. The van der Waals surface area contributed by atoms with Crippen LogP contribution in [0.1, 0.15) is 124 Å². The molecule has 0 radical (unpaired) electrons. The number of amides is 2. The molecular weight excluding hydrogens is 893 g/mol. The van der Waals surface area contributed by atoms with Gasteiger partial charge in [-0.2, -0.15) is 0 Å². The molecule has 16 heteroatoms. The van der Waals surface area contributed by atoms with Gasteiger partial charge in [-0.3, -0.25) is 28.7 Å². The van der Waals surface area contributed by atoms with Gasteiger partial charge in [0.25, 0.3) is 0 Å². The van der Waals surface area contributed by atoms with Gasteiger partial charge in [0.1, 0.15) is 35.2 Å². The topological polar surface area (TPSA) is 163 Å². The van der Waals surface area contributed by atoms with Crippen LogP contribution in [-0.4, -0.2) is 91.6 Å². The Morgan fingerprint density at radius 1 is 0.618 bits per heavy atom. The van der Waals surface area contributed by atoms with Gasteiger partial charge < -0.3 is 20.1 Å². The predicted molar refractivity (Wildman–Crippen MR) is 273 cm³/mol. The summed E-state index contributed by atoms with van der Waals surface area (Å²) in [6.45, 7) is 12.6. The minimum atomic E-state index is -0.493. The molecule has 8 rings (SSSR count). The van der Waals surface area contributed by atoms with Gasteiger partial charge in [0.15, 0.2) is 11.6 Å². The van der Waals surface area contributed by atoms with Crippen LogP contribution in [0.4, 0.5) is 0 Å². The van der Waals surface area contributed by atoms with E-state index >= 15 is 0 Å². The lowest BCUT2D eigenvalue weighted by molar-refractivity contribution is -0.121. The first-order valence-corrected chi connectivity index (χ1v) is 25.3. The van der Waals surface area contributed by atoms with Crippen LogP contribution in [0.3, 0.4) is 0 Å². The third-order valence-electron chi connectivity index (χ3n) is 11.6. The number of unbranched alkanes of at least 4 members (excludes halogenated alkanes) is 4. The van der Waals surface area contributed by atoms with Crippen molar-refractivity contribution in [3.05, 3.63) is 130 Å². The van der Waals surface area contributed by atoms with Crippen molar-refractivity contribution >= 4 is 46.8 Å². The highest BCUT2D eigenvalue weighted by Gasteiger charge is 2.30. The molecule has 6 aromatic rings. The number of methoxy groups -OCH3 is 2. The average Bonchev–Trinajstić information content (AvgIpc) is 3.85. The second kappa shape index (κ2) is 23.6. The largest absolute Gasteiger partial charge is 0.497 e. The third kappa shape index (κ3) is 11.9. The monoisotopic (exact) mass is 954 g/mol. The van der Waals surface area contributed by atoms with Crippen LogP contribution in [0.25, 0.3) is 11.4 Å². The van der Waals surface area contributed by atoms with Gasteiger partial charge >= 0.3 is 0 Å². The first-order valence-electron chi connectivity index (χ1n) is 23.4. The van der Waals surface area contributed by atoms with Crippen molar-refractivity contribution in [3.63, 3.8) is 0 Å². The minimum absolute atomic E-state index is 0.0394. The molecule has 14 nitrogen and oxygen atoms in total. The van der Waals surface area contributed by atoms with Gasteiger partial charge in [-0.1, -0.05) is 43.5 Å². The normalized spacial score (nSPS) is 14.6. The second-order valence-electron chi connectivity index (χ2n) is 16.6. The second-order valence-corrected chi connectivity index (χ2v) is 18.9. The number of carbonyl (C=O) groups excluding carboxylic acids is 2. The van der Waals surface area contributed by atoms with Crippen molar-refractivity contribution in [2.45, 2.75) is 102 Å². The van der Waals surface area contributed by atoms with E-state index in [-0.39, 0.29) is 24.3 Å². The lowest BCUT2D eigenvalue weighted by Crippen LogP contribution is -2.25. The fourth-order valence-corrected chi connectivity index (χ4v) is 10.1. The van der Waals surface area contributed by atoms with E-state index in [4.69, 9.17) is 19.5 Å². The lowest BCUT2D eigenvalue weighted by Gasteiger charge is -2.14. The molecule has 2 aromatic heterocycles. The first kappa shape index (κ1) is 49.6. The van der Waals surface area contributed by atoms with Crippen molar-refractivity contribution in [2.75, 3.05) is 38.8 Å². The molecule has 2 aliphatic rings. The zero-order valence-corrected chi connectivity index (χ0v) is 42.0. The molecule has 0 bridgehead atoms. The fraction of sp³-hybridized carbons (Fsp3) is 0.385. The molecule has 0 spiro atoms. The molecule has 2 amide bonds. The van der Waals surface area contributed by atoms with E-state index in [1.54, 1.807) is 14.2 Å². The van der Waals surface area contributed by atoms with Crippen molar-refractivity contribution in [1.29, 1.82) is 0 Å².